The summed E-state index contributed by atoms with van der Waals surface area (Å²) in [6, 6.07) is 8.69. The second kappa shape index (κ2) is 9.22. The van der Waals surface area contributed by atoms with E-state index in [-0.39, 0.29) is 11.3 Å². The molecule has 158 valence electrons. The SMILES string of the molecule is CC[NH+](CC)CCN1C(=O)C(=O)C(=C(O)c2cc(C)ccc2C)[C@@H]1c1cccnc1. The summed E-state index contributed by atoms with van der Waals surface area (Å²) in [4.78, 5) is 33.1. The van der Waals surface area contributed by atoms with E-state index in [1.54, 1.807) is 23.4 Å². The highest BCUT2D eigenvalue weighted by molar-refractivity contribution is 6.46. The number of likely N-dealkylation sites (tertiary alicyclic amines) is 1. The quantitative estimate of drug-likeness (QED) is 0.418. The van der Waals surface area contributed by atoms with Crippen molar-refractivity contribution in [1.82, 2.24) is 9.88 Å². The number of nitrogens with one attached hydrogen (secondary N) is 1. The molecule has 0 unspecified atom stereocenters. The number of Topliss-reactive ketones (excluding diaryl/α,β-unsaturated/α-hetero) is 1. The zero-order chi connectivity index (χ0) is 21.8. The van der Waals surface area contributed by atoms with Crippen molar-refractivity contribution < 1.29 is 19.6 Å². The Kier molecular flexibility index (Phi) is 6.67. The Labute approximate surface area is 177 Å². The Hall–Kier alpha value is -2.99. The standard InChI is InChI=1S/C24H29N3O3/c1-5-26(6-2)12-13-27-21(18-8-7-11-25-15-18)20(23(29)24(27)30)22(28)19-14-16(3)9-10-17(19)4/h7-11,14-15,21,28H,5-6,12-13H2,1-4H3/p+1/t21-/m0/s1. The Morgan fingerprint density at radius 2 is 1.90 bits per heavy atom. The minimum atomic E-state index is -0.645. The molecule has 2 heterocycles. The number of hydrogen-bond acceptors (Lipinski definition) is 4. The van der Waals surface area contributed by atoms with E-state index in [0.29, 0.717) is 12.1 Å². The fourth-order valence-electron chi connectivity index (χ4n) is 4.01. The molecule has 0 spiro atoms. The van der Waals surface area contributed by atoms with Crippen LogP contribution in [0.15, 0.2) is 48.3 Å². The number of pyridine rings is 1. The minimum absolute atomic E-state index is 0.124. The zero-order valence-electron chi connectivity index (χ0n) is 18.1. The van der Waals surface area contributed by atoms with Crippen molar-refractivity contribution in [3.8, 4) is 0 Å². The molecule has 6 heteroatoms. The van der Waals surface area contributed by atoms with Gasteiger partial charge in [0.2, 0.25) is 0 Å². The first-order valence-corrected chi connectivity index (χ1v) is 10.5. The molecule has 1 amide bonds. The molecule has 1 atom stereocenters. The highest BCUT2D eigenvalue weighted by Gasteiger charge is 2.46. The normalized spacial score (nSPS) is 18.4. The van der Waals surface area contributed by atoms with Gasteiger partial charge in [-0.25, -0.2) is 0 Å². The van der Waals surface area contributed by atoms with Gasteiger partial charge in [-0.2, -0.15) is 0 Å². The van der Waals surface area contributed by atoms with E-state index < -0.39 is 17.7 Å². The summed E-state index contributed by atoms with van der Waals surface area (Å²) in [5.74, 6) is -1.33. The molecule has 3 rings (SSSR count). The summed E-state index contributed by atoms with van der Waals surface area (Å²) in [5, 5.41) is 11.2. The molecule has 2 N–H and O–H groups in total. The Balaban J connectivity index is 2.12. The zero-order valence-corrected chi connectivity index (χ0v) is 18.1. The van der Waals surface area contributed by atoms with Gasteiger partial charge in [-0.3, -0.25) is 14.6 Å². The molecule has 1 aromatic heterocycles. The second-order valence-corrected chi connectivity index (χ2v) is 7.80. The molecule has 1 fully saturated rings. The summed E-state index contributed by atoms with van der Waals surface area (Å²) in [6.45, 7) is 11.1. The lowest BCUT2D eigenvalue weighted by molar-refractivity contribution is -0.895. The third-order valence-corrected chi connectivity index (χ3v) is 5.89. The molecule has 1 aliphatic heterocycles. The maximum absolute atomic E-state index is 13.1. The van der Waals surface area contributed by atoms with Crippen molar-refractivity contribution in [2.45, 2.75) is 33.7 Å². The maximum Gasteiger partial charge on any atom is 0.295 e. The Morgan fingerprint density at radius 3 is 2.53 bits per heavy atom. The number of aliphatic hydroxyl groups is 1. The molecule has 1 aliphatic rings. The third-order valence-electron chi connectivity index (χ3n) is 5.89. The number of ketones is 1. The molecule has 1 aromatic carbocycles. The number of carbonyl (C=O) groups excluding carboxylic acids is 2. The fourth-order valence-corrected chi connectivity index (χ4v) is 4.01. The van der Waals surface area contributed by atoms with Gasteiger partial charge in [-0.05, 0) is 51.0 Å². The van der Waals surface area contributed by atoms with Crippen molar-refractivity contribution in [1.29, 1.82) is 0 Å². The van der Waals surface area contributed by atoms with Crippen LogP contribution in [0, 0.1) is 13.8 Å². The van der Waals surface area contributed by atoms with Gasteiger partial charge in [0.05, 0.1) is 37.8 Å². The lowest BCUT2D eigenvalue weighted by Gasteiger charge is -2.26. The number of benzene rings is 1. The molecular formula is C24H30N3O3+. The number of nitrogens with zero attached hydrogens (tertiary/aromatic N) is 2. The van der Waals surface area contributed by atoms with Crippen molar-refractivity contribution in [3.05, 3.63) is 70.6 Å². The lowest BCUT2D eigenvalue weighted by atomic mass is 9.94. The van der Waals surface area contributed by atoms with Crippen LogP contribution in [0.2, 0.25) is 0 Å². The smallest absolute Gasteiger partial charge is 0.295 e. The fraction of sp³-hybridized carbons (Fsp3) is 0.375. The molecule has 0 saturated carbocycles. The van der Waals surface area contributed by atoms with E-state index in [1.165, 1.54) is 4.90 Å². The van der Waals surface area contributed by atoms with Crippen molar-refractivity contribution in [2.75, 3.05) is 26.2 Å². The first-order valence-electron chi connectivity index (χ1n) is 10.5. The summed E-state index contributed by atoms with van der Waals surface area (Å²) < 4.78 is 0. The number of aryl methyl sites for hydroxylation is 2. The Bertz CT molecular complexity index is 965. The van der Waals surface area contributed by atoms with E-state index in [2.05, 4.69) is 18.8 Å². The Morgan fingerprint density at radius 1 is 1.17 bits per heavy atom. The van der Waals surface area contributed by atoms with Crippen LogP contribution in [0.5, 0.6) is 0 Å². The molecule has 0 bridgehead atoms. The van der Waals surface area contributed by atoms with E-state index in [9.17, 15) is 14.7 Å². The van der Waals surface area contributed by atoms with Crippen molar-refractivity contribution in [2.24, 2.45) is 0 Å². The van der Waals surface area contributed by atoms with Crippen LogP contribution in [0.4, 0.5) is 0 Å². The molecule has 2 aromatic rings. The topological polar surface area (TPSA) is 74.9 Å². The number of amides is 1. The number of carbonyl (C=O) groups is 2. The highest BCUT2D eigenvalue weighted by Crippen LogP contribution is 2.39. The minimum Gasteiger partial charge on any atom is -0.507 e. The summed E-state index contributed by atoms with van der Waals surface area (Å²) in [7, 11) is 0. The van der Waals surface area contributed by atoms with Gasteiger partial charge in [0.25, 0.3) is 11.7 Å². The summed E-state index contributed by atoms with van der Waals surface area (Å²) in [5.41, 5.74) is 3.26. The predicted octanol–water partition coefficient (Wildman–Crippen LogP) is 2.04. The molecular weight excluding hydrogens is 378 g/mol. The van der Waals surface area contributed by atoms with Gasteiger partial charge in [0.1, 0.15) is 5.76 Å². The highest BCUT2D eigenvalue weighted by atomic mass is 16.3. The first kappa shape index (κ1) is 21.7. The molecule has 6 nitrogen and oxygen atoms in total. The van der Waals surface area contributed by atoms with Crippen LogP contribution in [-0.2, 0) is 9.59 Å². The number of aromatic nitrogens is 1. The molecule has 0 radical (unpaired) electrons. The second-order valence-electron chi connectivity index (χ2n) is 7.80. The maximum atomic E-state index is 13.1. The van der Waals surface area contributed by atoms with E-state index >= 15 is 0 Å². The number of rotatable bonds is 7. The van der Waals surface area contributed by atoms with E-state index in [1.807, 2.05) is 38.1 Å². The molecule has 30 heavy (non-hydrogen) atoms. The average Bonchev–Trinajstić information content (AvgIpc) is 3.01. The van der Waals surface area contributed by atoms with Gasteiger partial charge in [0.15, 0.2) is 0 Å². The van der Waals surface area contributed by atoms with Gasteiger partial charge in [-0.1, -0.05) is 23.8 Å². The monoisotopic (exact) mass is 408 g/mol. The van der Waals surface area contributed by atoms with E-state index in [0.717, 1.165) is 36.3 Å². The van der Waals surface area contributed by atoms with Crippen LogP contribution < -0.4 is 4.90 Å². The first-order chi connectivity index (χ1) is 14.4. The molecule has 1 saturated heterocycles. The third kappa shape index (κ3) is 4.14. The number of quaternary nitrogens is 1. The van der Waals surface area contributed by atoms with Crippen LogP contribution >= 0.6 is 0 Å². The average molecular weight is 409 g/mol. The van der Waals surface area contributed by atoms with Gasteiger partial charge in [0, 0.05) is 18.0 Å². The van der Waals surface area contributed by atoms with Crippen LogP contribution in [-0.4, -0.2) is 52.9 Å². The van der Waals surface area contributed by atoms with Gasteiger partial charge >= 0.3 is 0 Å². The van der Waals surface area contributed by atoms with E-state index in [4.69, 9.17) is 0 Å². The number of aliphatic hydroxyl groups excluding tert-OH is 1. The predicted molar refractivity (Wildman–Crippen MR) is 116 cm³/mol. The molecule has 0 aliphatic carbocycles. The van der Waals surface area contributed by atoms with Crippen LogP contribution in [0.25, 0.3) is 5.76 Å². The van der Waals surface area contributed by atoms with Crippen LogP contribution in [0.1, 0.15) is 42.1 Å². The van der Waals surface area contributed by atoms with Gasteiger partial charge in [-0.15, -0.1) is 0 Å². The summed E-state index contributed by atoms with van der Waals surface area (Å²) >= 11 is 0. The van der Waals surface area contributed by atoms with Crippen molar-refractivity contribution >= 4 is 17.4 Å². The van der Waals surface area contributed by atoms with Crippen LogP contribution in [0.3, 0.4) is 0 Å². The largest absolute Gasteiger partial charge is 0.507 e. The summed E-state index contributed by atoms with van der Waals surface area (Å²) in [6.07, 6.45) is 3.31. The lowest BCUT2D eigenvalue weighted by Crippen LogP contribution is -3.12. The number of likely N-dealkylation sites (N-methyl/N-ethyl adjacent to an activating group) is 1. The van der Waals surface area contributed by atoms with Crippen molar-refractivity contribution in [3.63, 3.8) is 0 Å². The number of hydrogen-bond donors (Lipinski definition) is 2. The van der Waals surface area contributed by atoms with Gasteiger partial charge < -0.3 is 14.9 Å².